The number of hydrogen-bond donors (Lipinski definition) is 1. The number of ether oxygens (including phenoxy) is 2. The normalized spacial score (nSPS) is 12.8. The van der Waals surface area contributed by atoms with E-state index in [0.717, 1.165) is 17.3 Å². The van der Waals surface area contributed by atoms with Crippen LogP contribution in [-0.2, 0) is 0 Å². The van der Waals surface area contributed by atoms with E-state index in [9.17, 15) is 0 Å². The number of nitrogens with zero attached hydrogens (tertiary/aromatic N) is 1. The van der Waals surface area contributed by atoms with Crippen LogP contribution in [0.3, 0.4) is 0 Å². The van der Waals surface area contributed by atoms with Crippen LogP contribution in [0.2, 0.25) is 0 Å². The predicted octanol–water partition coefficient (Wildman–Crippen LogP) is 2.70. The molecule has 0 radical (unpaired) electrons. The van der Waals surface area contributed by atoms with E-state index < -0.39 is 0 Å². The van der Waals surface area contributed by atoms with Crippen LogP contribution in [0.15, 0.2) is 12.3 Å². The van der Waals surface area contributed by atoms with Gasteiger partial charge in [0.2, 0.25) is 0 Å². The summed E-state index contributed by atoms with van der Waals surface area (Å²) in [5.74, 6) is 2.32. The summed E-state index contributed by atoms with van der Waals surface area (Å²) < 4.78 is 10.8. The molecule has 0 unspecified atom stereocenters. The first-order valence-corrected chi connectivity index (χ1v) is 5.78. The second-order valence-electron chi connectivity index (χ2n) is 3.51. The summed E-state index contributed by atoms with van der Waals surface area (Å²) in [6.07, 6.45) is 1.69. The Hall–Kier alpha value is -1.45. The molecule has 90 valence electrons. The zero-order chi connectivity index (χ0) is 12.0. The SMILES string of the molecule is CC.CC(C)Nc1cc2c(cn1)OCCO2. The van der Waals surface area contributed by atoms with E-state index in [1.807, 2.05) is 19.9 Å². The highest BCUT2D eigenvalue weighted by Gasteiger charge is 2.12. The number of rotatable bonds is 2. The van der Waals surface area contributed by atoms with Gasteiger partial charge in [0.1, 0.15) is 19.0 Å². The Kier molecular flexibility index (Phi) is 4.89. The van der Waals surface area contributed by atoms with Crippen LogP contribution in [0.1, 0.15) is 27.7 Å². The van der Waals surface area contributed by atoms with E-state index in [1.165, 1.54) is 0 Å². The maximum Gasteiger partial charge on any atom is 0.179 e. The molecule has 0 aliphatic carbocycles. The van der Waals surface area contributed by atoms with Gasteiger partial charge in [0.05, 0.1) is 6.20 Å². The molecule has 2 rings (SSSR count). The molecule has 0 aromatic carbocycles. The second-order valence-corrected chi connectivity index (χ2v) is 3.51. The highest BCUT2D eigenvalue weighted by molar-refractivity contribution is 5.49. The number of hydrogen-bond acceptors (Lipinski definition) is 4. The van der Waals surface area contributed by atoms with Gasteiger partial charge in [0.25, 0.3) is 0 Å². The minimum atomic E-state index is 0.366. The maximum absolute atomic E-state index is 5.44. The molecule has 0 fully saturated rings. The van der Waals surface area contributed by atoms with Crippen LogP contribution in [-0.4, -0.2) is 24.2 Å². The Morgan fingerprint density at radius 2 is 1.81 bits per heavy atom. The maximum atomic E-state index is 5.44. The molecule has 0 saturated carbocycles. The number of pyridine rings is 1. The second kappa shape index (κ2) is 6.20. The van der Waals surface area contributed by atoms with Crippen LogP contribution in [0.5, 0.6) is 11.5 Å². The van der Waals surface area contributed by atoms with Gasteiger partial charge in [-0.1, -0.05) is 13.8 Å². The standard InChI is InChI=1S/C10H14N2O2.C2H6/c1-7(2)12-10-5-8-9(6-11-10)14-4-3-13-8;1-2/h5-7H,3-4H2,1-2H3,(H,11,12);1-2H3. The lowest BCUT2D eigenvalue weighted by Crippen LogP contribution is -2.17. The number of aromatic nitrogens is 1. The lowest BCUT2D eigenvalue weighted by molar-refractivity contribution is 0.171. The largest absolute Gasteiger partial charge is 0.486 e. The van der Waals surface area contributed by atoms with Gasteiger partial charge in [-0.3, -0.25) is 0 Å². The molecule has 4 nitrogen and oxygen atoms in total. The van der Waals surface area contributed by atoms with E-state index >= 15 is 0 Å². The average Bonchev–Trinajstić information content (AvgIpc) is 2.31. The highest BCUT2D eigenvalue weighted by Crippen LogP contribution is 2.30. The van der Waals surface area contributed by atoms with Gasteiger partial charge in [-0.25, -0.2) is 4.98 Å². The van der Waals surface area contributed by atoms with Crippen LogP contribution >= 0.6 is 0 Å². The van der Waals surface area contributed by atoms with E-state index in [-0.39, 0.29) is 0 Å². The fourth-order valence-corrected chi connectivity index (χ4v) is 1.32. The highest BCUT2D eigenvalue weighted by atomic mass is 16.6. The summed E-state index contributed by atoms with van der Waals surface area (Å²) in [6, 6.07) is 2.24. The van der Waals surface area contributed by atoms with Crippen molar-refractivity contribution in [3.63, 3.8) is 0 Å². The quantitative estimate of drug-likeness (QED) is 0.838. The minimum absolute atomic E-state index is 0.366. The molecule has 1 aliphatic heterocycles. The number of fused-ring (bicyclic) bond motifs is 1. The van der Waals surface area contributed by atoms with Crippen molar-refractivity contribution in [2.45, 2.75) is 33.7 Å². The molecule has 1 N–H and O–H groups in total. The van der Waals surface area contributed by atoms with Crippen molar-refractivity contribution >= 4 is 5.82 Å². The van der Waals surface area contributed by atoms with E-state index in [4.69, 9.17) is 9.47 Å². The van der Waals surface area contributed by atoms with Crippen molar-refractivity contribution in [2.75, 3.05) is 18.5 Å². The first-order valence-electron chi connectivity index (χ1n) is 5.78. The molecule has 0 spiro atoms. The zero-order valence-electron chi connectivity index (χ0n) is 10.4. The third kappa shape index (κ3) is 3.29. The Balaban J connectivity index is 0.000000606. The fourth-order valence-electron chi connectivity index (χ4n) is 1.32. The Labute approximate surface area is 97.0 Å². The van der Waals surface area contributed by atoms with E-state index in [1.54, 1.807) is 6.20 Å². The molecule has 1 aliphatic rings. The number of nitrogens with one attached hydrogen (secondary N) is 1. The molecule has 1 aromatic rings. The predicted molar refractivity (Wildman–Crippen MR) is 65.3 cm³/mol. The van der Waals surface area contributed by atoms with Crippen molar-refractivity contribution in [2.24, 2.45) is 0 Å². The van der Waals surface area contributed by atoms with Crippen molar-refractivity contribution in [1.29, 1.82) is 0 Å². The molecule has 0 saturated heterocycles. The molecule has 0 amide bonds. The van der Waals surface area contributed by atoms with Crippen LogP contribution in [0.4, 0.5) is 5.82 Å². The van der Waals surface area contributed by atoms with Crippen molar-refractivity contribution in [3.8, 4) is 11.5 Å². The number of anilines is 1. The van der Waals surface area contributed by atoms with Gasteiger partial charge >= 0.3 is 0 Å². The summed E-state index contributed by atoms with van der Waals surface area (Å²) in [5, 5.41) is 3.21. The fraction of sp³-hybridized carbons (Fsp3) is 0.583. The van der Waals surface area contributed by atoms with Gasteiger partial charge in [0.15, 0.2) is 11.5 Å². The molecule has 2 heterocycles. The van der Waals surface area contributed by atoms with Crippen LogP contribution < -0.4 is 14.8 Å². The third-order valence-electron chi connectivity index (χ3n) is 1.87. The molecule has 4 heteroatoms. The Morgan fingerprint density at radius 3 is 2.44 bits per heavy atom. The lowest BCUT2D eigenvalue weighted by Gasteiger charge is -2.19. The summed E-state index contributed by atoms with van der Waals surface area (Å²) in [5.41, 5.74) is 0. The zero-order valence-corrected chi connectivity index (χ0v) is 10.4. The van der Waals surface area contributed by atoms with E-state index in [2.05, 4.69) is 24.1 Å². The molecule has 16 heavy (non-hydrogen) atoms. The van der Waals surface area contributed by atoms with Gasteiger partial charge in [0, 0.05) is 12.1 Å². The summed E-state index contributed by atoms with van der Waals surface area (Å²) >= 11 is 0. The van der Waals surface area contributed by atoms with Crippen molar-refractivity contribution in [3.05, 3.63) is 12.3 Å². The average molecular weight is 224 g/mol. The Bertz CT molecular complexity index is 327. The first-order chi connectivity index (χ1) is 7.75. The van der Waals surface area contributed by atoms with Crippen LogP contribution in [0.25, 0.3) is 0 Å². The van der Waals surface area contributed by atoms with Crippen LogP contribution in [0, 0.1) is 0 Å². The first kappa shape index (κ1) is 12.6. The molecule has 0 atom stereocenters. The monoisotopic (exact) mass is 224 g/mol. The van der Waals surface area contributed by atoms with Crippen molar-refractivity contribution < 1.29 is 9.47 Å². The summed E-state index contributed by atoms with van der Waals surface area (Å²) in [7, 11) is 0. The summed E-state index contributed by atoms with van der Waals surface area (Å²) in [4.78, 5) is 4.22. The molecule has 0 bridgehead atoms. The molecular formula is C12H20N2O2. The van der Waals surface area contributed by atoms with Gasteiger partial charge in [-0.2, -0.15) is 0 Å². The minimum Gasteiger partial charge on any atom is -0.486 e. The lowest BCUT2D eigenvalue weighted by atomic mass is 10.3. The van der Waals surface area contributed by atoms with Crippen molar-refractivity contribution in [1.82, 2.24) is 4.98 Å². The smallest absolute Gasteiger partial charge is 0.179 e. The van der Waals surface area contributed by atoms with E-state index in [0.29, 0.717) is 19.3 Å². The van der Waals surface area contributed by atoms with Gasteiger partial charge in [-0.15, -0.1) is 0 Å². The third-order valence-corrected chi connectivity index (χ3v) is 1.87. The molecule has 1 aromatic heterocycles. The van der Waals surface area contributed by atoms with Gasteiger partial charge in [-0.05, 0) is 13.8 Å². The topological polar surface area (TPSA) is 43.4 Å². The van der Waals surface area contributed by atoms with Gasteiger partial charge < -0.3 is 14.8 Å². The Morgan fingerprint density at radius 1 is 1.19 bits per heavy atom. The summed E-state index contributed by atoms with van der Waals surface area (Å²) in [6.45, 7) is 9.35. The molecular weight excluding hydrogens is 204 g/mol.